The van der Waals surface area contributed by atoms with Crippen LogP contribution in [0.25, 0.3) is 49.4 Å². The molecule has 3 heteroatoms. The molecule has 2 heterocycles. The molecule has 6 aromatic rings. The van der Waals surface area contributed by atoms with Crippen molar-refractivity contribution < 1.29 is 4.42 Å². The Balaban J connectivity index is 1.63. The van der Waals surface area contributed by atoms with E-state index in [0.29, 0.717) is 0 Å². The summed E-state index contributed by atoms with van der Waals surface area (Å²) in [4.78, 5) is 0. The van der Waals surface area contributed by atoms with E-state index in [-0.39, 0.29) is 0 Å². The topological polar surface area (TPSA) is 30.1 Å². The van der Waals surface area contributed by atoms with E-state index in [9.17, 15) is 0 Å². The van der Waals surface area contributed by atoms with Crippen molar-refractivity contribution in [2.24, 2.45) is 0 Å². The molecule has 0 saturated heterocycles. The fraction of sp³-hybridized carbons (Fsp3) is 0. The number of rotatable bonds is 5. The number of hydrogen-bond acceptors (Lipinski definition) is 2. The summed E-state index contributed by atoms with van der Waals surface area (Å²) in [6, 6.07) is 29.2. The monoisotopic (exact) mass is 426 g/mol. The number of allylic oxidation sites excluding steroid dienone is 4. The Labute approximate surface area is 191 Å². The van der Waals surface area contributed by atoms with Gasteiger partial charge in [-0.25, -0.2) is 0 Å². The summed E-state index contributed by atoms with van der Waals surface area (Å²) < 4.78 is 8.74. The number of anilines is 2. The average molecular weight is 427 g/mol. The largest absolute Gasteiger partial charge is 0.455 e. The molecule has 0 atom stereocenters. The molecule has 0 aliphatic rings. The molecule has 6 rings (SSSR count). The van der Waals surface area contributed by atoms with Crippen molar-refractivity contribution in [2.75, 3.05) is 5.32 Å². The van der Waals surface area contributed by atoms with Gasteiger partial charge in [-0.05, 0) is 54.6 Å². The Hall–Kier alpha value is -4.50. The molecule has 0 unspecified atom stereocenters. The fourth-order valence-electron chi connectivity index (χ4n) is 4.68. The molecule has 1 N–H and O–H groups in total. The van der Waals surface area contributed by atoms with Crippen LogP contribution in [0, 0.1) is 0 Å². The maximum atomic E-state index is 6.52. The van der Waals surface area contributed by atoms with Crippen LogP contribution in [0.5, 0.6) is 0 Å². The SMILES string of the molecule is C=C/C=C(\C=C)n1c2ccccc2c2c3oc4cc(Nc5ccccc5)ccc4c3ccc21. The first-order chi connectivity index (χ1) is 16.3. The van der Waals surface area contributed by atoms with Crippen molar-refractivity contribution in [3.8, 4) is 0 Å². The van der Waals surface area contributed by atoms with Crippen LogP contribution >= 0.6 is 0 Å². The van der Waals surface area contributed by atoms with Crippen molar-refractivity contribution >= 4 is 60.8 Å². The second-order valence-electron chi connectivity index (χ2n) is 8.02. The van der Waals surface area contributed by atoms with Gasteiger partial charge in [0.25, 0.3) is 0 Å². The molecular formula is C30H22N2O. The molecule has 2 aromatic heterocycles. The smallest absolute Gasteiger partial charge is 0.145 e. The molecule has 4 aromatic carbocycles. The minimum atomic E-state index is 0.862. The number of furan rings is 1. The summed E-state index contributed by atoms with van der Waals surface area (Å²) in [5.41, 5.74) is 6.97. The van der Waals surface area contributed by atoms with E-state index in [1.807, 2.05) is 30.4 Å². The highest BCUT2D eigenvalue weighted by Crippen LogP contribution is 2.41. The highest BCUT2D eigenvalue weighted by Gasteiger charge is 2.18. The zero-order chi connectivity index (χ0) is 22.4. The summed E-state index contributed by atoms with van der Waals surface area (Å²) in [5.74, 6) is 0. The number of nitrogens with one attached hydrogen (secondary N) is 1. The normalized spacial score (nSPS) is 12.1. The number of fused-ring (bicyclic) bond motifs is 7. The minimum absolute atomic E-state index is 0.862. The molecule has 0 aliphatic carbocycles. The highest BCUT2D eigenvalue weighted by molar-refractivity contribution is 6.24. The summed E-state index contributed by atoms with van der Waals surface area (Å²) in [6.45, 7) is 7.90. The van der Waals surface area contributed by atoms with E-state index in [2.05, 4.69) is 89.8 Å². The Morgan fingerprint density at radius 1 is 0.758 bits per heavy atom. The van der Waals surface area contributed by atoms with Crippen LogP contribution in [0.1, 0.15) is 0 Å². The number of nitrogens with zero attached hydrogens (tertiary/aromatic N) is 1. The summed E-state index contributed by atoms with van der Waals surface area (Å²) in [7, 11) is 0. The molecule has 0 fully saturated rings. The van der Waals surface area contributed by atoms with E-state index >= 15 is 0 Å². The second kappa shape index (κ2) is 7.57. The minimum Gasteiger partial charge on any atom is -0.455 e. The number of para-hydroxylation sites is 2. The first kappa shape index (κ1) is 19.2. The number of benzene rings is 4. The third-order valence-electron chi connectivity index (χ3n) is 6.09. The van der Waals surface area contributed by atoms with Crippen molar-refractivity contribution in [2.45, 2.75) is 0 Å². The van der Waals surface area contributed by atoms with Crippen LogP contribution in [0.15, 0.2) is 121 Å². The summed E-state index contributed by atoms with van der Waals surface area (Å²) in [5, 5.41) is 7.93. The quantitative estimate of drug-likeness (QED) is 0.280. The summed E-state index contributed by atoms with van der Waals surface area (Å²) in [6.07, 6.45) is 5.62. The maximum Gasteiger partial charge on any atom is 0.145 e. The lowest BCUT2D eigenvalue weighted by molar-refractivity contribution is 0.673. The highest BCUT2D eigenvalue weighted by atomic mass is 16.3. The van der Waals surface area contributed by atoms with Crippen molar-refractivity contribution in [1.29, 1.82) is 0 Å². The van der Waals surface area contributed by atoms with Crippen molar-refractivity contribution in [3.63, 3.8) is 0 Å². The van der Waals surface area contributed by atoms with Gasteiger partial charge in [0.1, 0.15) is 11.2 Å². The van der Waals surface area contributed by atoms with Gasteiger partial charge in [-0.2, -0.15) is 0 Å². The zero-order valence-corrected chi connectivity index (χ0v) is 18.1. The van der Waals surface area contributed by atoms with E-state index in [4.69, 9.17) is 4.42 Å². The van der Waals surface area contributed by atoms with Crippen LogP contribution in [0.2, 0.25) is 0 Å². The molecular weight excluding hydrogens is 404 g/mol. The lowest BCUT2D eigenvalue weighted by Crippen LogP contribution is -1.93. The van der Waals surface area contributed by atoms with Crippen LogP contribution in [-0.4, -0.2) is 4.57 Å². The van der Waals surface area contributed by atoms with Crippen LogP contribution in [0.3, 0.4) is 0 Å². The molecule has 158 valence electrons. The van der Waals surface area contributed by atoms with Gasteiger partial charge in [-0.15, -0.1) is 0 Å². The van der Waals surface area contributed by atoms with Gasteiger partial charge >= 0.3 is 0 Å². The first-order valence-corrected chi connectivity index (χ1v) is 10.9. The summed E-state index contributed by atoms with van der Waals surface area (Å²) >= 11 is 0. The van der Waals surface area contributed by atoms with E-state index < -0.39 is 0 Å². The molecule has 0 radical (unpaired) electrons. The predicted octanol–water partition coefficient (Wildman–Crippen LogP) is 8.65. The predicted molar refractivity (Wildman–Crippen MR) is 141 cm³/mol. The van der Waals surface area contributed by atoms with Crippen molar-refractivity contribution in [1.82, 2.24) is 4.57 Å². The average Bonchev–Trinajstić information content (AvgIpc) is 3.38. The second-order valence-corrected chi connectivity index (χ2v) is 8.02. The molecule has 0 bridgehead atoms. The Morgan fingerprint density at radius 3 is 2.36 bits per heavy atom. The van der Waals surface area contributed by atoms with Crippen LogP contribution < -0.4 is 5.32 Å². The Bertz CT molecular complexity index is 1710. The molecule has 33 heavy (non-hydrogen) atoms. The number of aromatic nitrogens is 1. The van der Waals surface area contributed by atoms with Gasteiger partial charge in [0.15, 0.2) is 0 Å². The molecule has 3 nitrogen and oxygen atoms in total. The number of hydrogen-bond donors (Lipinski definition) is 1. The molecule has 0 spiro atoms. The standard InChI is InChI=1S/C30H22N2O/c1-3-10-22(4-2)32-26-14-9-8-13-25(26)29-27(32)18-17-24-23-16-15-21(19-28(23)33-30(24)29)31-20-11-6-5-7-12-20/h3-19,31H,1-2H2/b22-10+. The Kier molecular flexibility index (Phi) is 4.41. The Morgan fingerprint density at radius 2 is 1.55 bits per heavy atom. The van der Waals surface area contributed by atoms with Crippen molar-refractivity contribution in [3.05, 3.63) is 116 Å². The van der Waals surface area contributed by atoms with Crippen LogP contribution in [-0.2, 0) is 0 Å². The first-order valence-electron chi connectivity index (χ1n) is 10.9. The zero-order valence-electron chi connectivity index (χ0n) is 18.1. The van der Waals surface area contributed by atoms with Crippen LogP contribution in [0.4, 0.5) is 11.4 Å². The third-order valence-corrected chi connectivity index (χ3v) is 6.09. The third kappa shape index (κ3) is 2.98. The van der Waals surface area contributed by atoms with Gasteiger partial charge in [-0.1, -0.05) is 55.6 Å². The van der Waals surface area contributed by atoms with Gasteiger partial charge in [0.05, 0.1) is 16.4 Å². The van der Waals surface area contributed by atoms with E-state index in [1.54, 1.807) is 6.08 Å². The molecule has 0 aliphatic heterocycles. The van der Waals surface area contributed by atoms with Gasteiger partial charge in [-0.3, -0.25) is 0 Å². The van der Waals surface area contributed by atoms with E-state index in [0.717, 1.165) is 60.8 Å². The fourth-order valence-corrected chi connectivity index (χ4v) is 4.68. The van der Waals surface area contributed by atoms with Gasteiger partial charge in [0.2, 0.25) is 0 Å². The lowest BCUT2D eigenvalue weighted by atomic mass is 10.1. The molecule has 0 saturated carbocycles. The lowest BCUT2D eigenvalue weighted by Gasteiger charge is -2.07. The van der Waals surface area contributed by atoms with Gasteiger partial charge in [0, 0.05) is 39.3 Å². The van der Waals surface area contributed by atoms with Gasteiger partial charge < -0.3 is 14.3 Å². The van der Waals surface area contributed by atoms with E-state index in [1.165, 1.54) is 0 Å². The molecule has 0 amide bonds. The maximum absolute atomic E-state index is 6.52.